The quantitative estimate of drug-likeness (QED) is 0.813. The van der Waals surface area contributed by atoms with Crippen molar-refractivity contribution in [2.45, 2.75) is 6.42 Å². The van der Waals surface area contributed by atoms with E-state index < -0.39 is 29.7 Å². The number of rotatable bonds is 4. The highest BCUT2D eigenvalue weighted by Crippen LogP contribution is 2.28. The number of hydrogen-bond acceptors (Lipinski definition) is 6. The first-order valence-electron chi connectivity index (χ1n) is 6.72. The first kappa shape index (κ1) is 16.5. The Hall–Kier alpha value is -2.90. The molecule has 0 radical (unpaired) electrons. The average Bonchev–Trinajstić information content (AvgIpc) is 2.95. The SMILES string of the molecule is COC(=O)c1cc(C(=O)OC)cc(N2C[C@@H](C(=O)O)CC2=O)c1. The standard InChI is InChI=1S/C15H15NO7/c1-22-14(20)8-3-9(15(21)23-2)5-11(4-8)16-7-10(13(18)19)6-12(16)17/h3-5,10H,6-7H2,1-2H3,(H,18,19)/t10-/m0/s1. The number of hydrogen-bond donors (Lipinski definition) is 1. The van der Waals surface area contributed by atoms with Crippen molar-refractivity contribution in [3.63, 3.8) is 0 Å². The van der Waals surface area contributed by atoms with Gasteiger partial charge in [0, 0.05) is 18.7 Å². The second kappa shape index (κ2) is 6.47. The van der Waals surface area contributed by atoms with Crippen LogP contribution in [0.15, 0.2) is 18.2 Å². The number of esters is 2. The Morgan fingerprint density at radius 3 is 2.00 bits per heavy atom. The van der Waals surface area contributed by atoms with Gasteiger partial charge in [0.15, 0.2) is 0 Å². The summed E-state index contributed by atoms with van der Waals surface area (Å²) in [5.74, 6) is -3.66. The molecular weight excluding hydrogens is 306 g/mol. The molecule has 1 heterocycles. The number of carboxylic acids is 1. The molecule has 2 rings (SSSR count). The molecule has 122 valence electrons. The molecule has 0 aliphatic carbocycles. The van der Waals surface area contributed by atoms with Gasteiger partial charge in [-0.25, -0.2) is 9.59 Å². The fourth-order valence-corrected chi connectivity index (χ4v) is 2.36. The molecule has 1 N–H and O–H groups in total. The second-order valence-corrected chi connectivity index (χ2v) is 5.00. The van der Waals surface area contributed by atoms with Gasteiger partial charge in [0.25, 0.3) is 0 Å². The third kappa shape index (κ3) is 3.31. The van der Waals surface area contributed by atoms with Gasteiger partial charge in [0.1, 0.15) is 0 Å². The molecule has 1 aliphatic rings. The smallest absolute Gasteiger partial charge is 0.337 e. The molecule has 0 spiro atoms. The van der Waals surface area contributed by atoms with Crippen LogP contribution in [0.3, 0.4) is 0 Å². The summed E-state index contributed by atoms with van der Waals surface area (Å²) in [6.07, 6.45) is -0.134. The number of carbonyl (C=O) groups excluding carboxylic acids is 3. The van der Waals surface area contributed by atoms with Crippen molar-refractivity contribution in [1.82, 2.24) is 0 Å². The molecule has 0 bridgehead atoms. The molecule has 0 saturated carbocycles. The molecule has 0 unspecified atom stereocenters. The molecule has 1 aliphatic heterocycles. The Labute approximate surface area is 131 Å². The Morgan fingerprint density at radius 1 is 1.09 bits per heavy atom. The predicted molar refractivity (Wildman–Crippen MR) is 77.2 cm³/mol. The summed E-state index contributed by atoms with van der Waals surface area (Å²) < 4.78 is 9.24. The van der Waals surface area contributed by atoms with E-state index in [0.29, 0.717) is 0 Å². The number of benzene rings is 1. The minimum Gasteiger partial charge on any atom is -0.481 e. The van der Waals surface area contributed by atoms with Crippen LogP contribution in [0.2, 0.25) is 0 Å². The molecule has 1 aromatic rings. The molecule has 1 atom stereocenters. The highest BCUT2D eigenvalue weighted by atomic mass is 16.5. The van der Waals surface area contributed by atoms with Crippen molar-refractivity contribution in [3.8, 4) is 0 Å². The van der Waals surface area contributed by atoms with E-state index >= 15 is 0 Å². The van der Waals surface area contributed by atoms with Crippen molar-refractivity contribution >= 4 is 29.5 Å². The molecular formula is C15H15NO7. The van der Waals surface area contributed by atoms with Crippen LogP contribution in [-0.4, -0.2) is 49.7 Å². The maximum Gasteiger partial charge on any atom is 0.337 e. The van der Waals surface area contributed by atoms with Crippen LogP contribution in [0, 0.1) is 5.92 Å². The minimum absolute atomic E-state index is 0.0284. The van der Waals surface area contributed by atoms with Crippen molar-refractivity contribution in [3.05, 3.63) is 29.3 Å². The van der Waals surface area contributed by atoms with Crippen molar-refractivity contribution in [1.29, 1.82) is 0 Å². The van der Waals surface area contributed by atoms with Gasteiger partial charge < -0.3 is 19.5 Å². The van der Waals surface area contributed by atoms with E-state index in [2.05, 4.69) is 9.47 Å². The summed E-state index contributed by atoms with van der Waals surface area (Å²) >= 11 is 0. The predicted octanol–water partition coefficient (Wildman–Crippen LogP) is 0.697. The van der Waals surface area contributed by atoms with Crippen LogP contribution in [0.25, 0.3) is 0 Å². The fraction of sp³-hybridized carbons (Fsp3) is 0.333. The summed E-state index contributed by atoms with van der Waals surface area (Å²) in [7, 11) is 2.38. The van der Waals surface area contributed by atoms with Crippen LogP contribution >= 0.6 is 0 Å². The molecule has 1 saturated heterocycles. The summed E-state index contributed by atoms with van der Waals surface area (Å²) in [6.45, 7) is -0.0284. The largest absolute Gasteiger partial charge is 0.481 e. The third-order valence-electron chi connectivity index (χ3n) is 3.55. The molecule has 23 heavy (non-hydrogen) atoms. The van der Waals surface area contributed by atoms with E-state index in [4.69, 9.17) is 5.11 Å². The Morgan fingerprint density at radius 2 is 1.61 bits per heavy atom. The average molecular weight is 321 g/mol. The van der Waals surface area contributed by atoms with Gasteiger partial charge in [-0.05, 0) is 18.2 Å². The van der Waals surface area contributed by atoms with Gasteiger partial charge in [-0.1, -0.05) is 0 Å². The van der Waals surface area contributed by atoms with Crippen LogP contribution in [0.4, 0.5) is 5.69 Å². The van der Waals surface area contributed by atoms with Gasteiger partial charge in [-0.3, -0.25) is 9.59 Å². The number of carboxylic acid groups (broad SMARTS) is 1. The highest BCUT2D eigenvalue weighted by Gasteiger charge is 2.35. The molecule has 1 aromatic carbocycles. The minimum atomic E-state index is -1.07. The van der Waals surface area contributed by atoms with E-state index in [-0.39, 0.29) is 29.8 Å². The lowest BCUT2D eigenvalue weighted by Crippen LogP contribution is -2.26. The Balaban J connectivity index is 2.45. The first-order chi connectivity index (χ1) is 10.9. The van der Waals surface area contributed by atoms with Crippen LogP contribution in [0.1, 0.15) is 27.1 Å². The number of aliphatic carboxylic acids is 1. The van der Waals surface area contributed by atoms with E-state index in [1.54, 1.807) is 0 Å². The lowest BCUT2D eigenvalue weighted by atomic mass is 10.1. The number of anilines is 1. The summed E-state index contributed by atoms with van der Waals surface area (Å²) in [6, 6.07) is 4.04. The van der Waals surface area contributed by atoms with Crippen molar-refractivity contribution < 1.29 is 33.8 Å². The molecule has 1 amide bonds. The fourth-order valence-electron chi connectivity index (χ4n) is 2.36. The molecule has 8 nitrogen and oxygen atoms in total. The van der Waals surface area contributed by atoms with E-state index in [1.807, 2.05) is 0 Å². The third-order valence-corrected chi connectivity index (χ3v) is 3.55. The number of nitrogens with zero attached hydrogens (tertiary/aromatic N) is 1. The summed E-state index contributed by atoms with van der Waals surface area (Å²) in [5, 5.41) is 9.03. The van der Waals surface area contributed by atoms with Gasteiger partial charge in [-0.15, -0.1) is 0 Å². The maximum atomic E-state index is 12.0. The van der Waals surface area contributed by atoms with Gasteiger partial charge in [0.2, 0.25) is 5.91 Å². The number of carbonyl (C=O) groups is 4. The number of ether oxygens (including phenoxy) is 2. The van der Waals surface area contributed by atoms with Crippen LogP contribution in [-0.2, 0) is 19.1 Å². The zero-order valence-corrected chi connectivity index (χ0v) is 12.6. The first-order valence-corrected chi connectivity index (χ1v) is 6.72. The normalized spacial score (nSPS) is 17.0. The monoisotopic (exact) mass is 321 g/mol. The number of amides is 1. The lowest BCUT2D eigenvalue weighted by Gasteiger charge is -2.18. The van der Waals surface area contributed by atoms with E-state index in [1.165, 1.54) is 37.3 Å². The van der Waals surface area contributed by atoms with Gasteiger partial charge in [-0.2, -0.15) is 0 Å². The summed E-state index contributed by atoms with van der Waals surface area (Å²) in [5.41, 5.74) is 0.385. The Bertz CT molecular complexity index is 648. The molecule has 0 aromatic heterocycles. The lowest BCUT2D eigenvalue weighted by molar-refractivity contribution is -0.141. The highest BCUT2D eigenvalue weighted by molar-refractivity contribution is 6.02. The zero-order chi connectivity index (χ0) is 17.1. The number of methoxy groups -OCH3 is 2. The van der Waals surface area contributed by atoms with Crippen LogP contribution in [0.5, 0.6) is 0 Å². The van der Waals surface area contributed by atoms with Crippen LogP contribution < -0.4 is 4.90 Å². The van der Waals surface area contributed by atoms with Gasteiger partial charge in [0.05, 0.1) is 31.3 Å². The zero-order valence-electron chi connectivity index (χ0n) is 12.6. The van der Waals surface area contributed by atoms with Crippen molar-refractivity contribution in [2.75, 3.05) is 25.7 Å². The second-order valence-electron chi connectivity index (χ2n) is 5.00. The maximum absolute atomic E-state index is 12.0. The van der Waals surface area contributed by atoms with Crippen molar-refractivity contribution in [2.24, 2.45) is 5.92 Å². The van der Waals surface area contributed by atoms with Gasteiger partial charge >= 0.3 is 17.9 Å². The summed E-state index contributed by atoms with van der Waals surface area (Å²) in [4.78, 5) is 47.7. The van der Waals surface area contributed by atoms with E-state index in [0.717, 1.165) is 0 Å². The topological polar surface area (TPSA) is 110 Å². The Kier molecular flexibility index (Phi) is 4.63. The molecule has 1 fully saturated rings. The molecule has 8 heteroatoms. The van der Waals surface area contributed by atoms with E-state index in [9.17, 15) is 19.2 Å².